The van der Waals surface area contributed by atoms with Crippen LogP contribution in [0.25, 0.3) is 92.6 Å². The van der Waals surface area contributed by atoms with E-state index in [4.69, 9.17) is 0 Å². The Morgan fingerprint density at radius 3 is 1.88 bits per heavy atom. The molecule has 1 aromatic heterocycles. The first-order valence-electron chi connectivity index (χ1n) is 17.8. The molecule has 0 N–H and O–H groups in total. The van der Waals surface area contributed by atoms with Gasteiger partial charge in [0, 0.05) is 20.4 Å². The van der Waals surface area contributed by atoms with Crippen LogP contribution in [0.15, 0.2) is 140 Å². The fourth-order valence-corrected chi connectivity index (χ4v) is 10.6. The highest BCUT2D eigenvalue weighted by Gasteiger charge is 2.37. The first-order chi connectivity index (χ1) is 24.6. The van der Waals surface area contributed by atoms with Gasteiger partial charge in [0.1, 0.15) is 0 Å². The van der Waals surface area contributed by atoms with Crippen molar-refractivity contribution < 1.29 is 0 Å². The highest BCUT2D eigenvalue weighted by Crippen LogP contribution is 2.54. The lowest BCUT2D eigenvalue weighted by Gasteiger charge is -2.23. The monoisotopic (exact) mass is 654 g/mol. The Morgan fingerprint density at radius 2 is 1.14 bits per heavy atom. The van der Waals surface area contributed by atoms with Gasteiger partial charge >= 0.3 is 0 Å². The van der Waals surface area contributed by atoms with Gasteiger partial charge in [0.25, 0.3) is 0 Å². The lowest BCUT2D eigenvalue weighted by atomic mass is 9.80. The van der Waals surface area contributed by atoms with Gasteiger partial charge in [-0.3, -0.25) is 0 Å². The van der Waals surface area contributed by atoms with Gasteiger partial charge in [0.2, 0.25) is 0 Å². The van der Waals surface area contributed by atoms with Crippen molar-refractivity contribution in [2.75, 3.05) is 0 Å². The molecule has 0 unspecified atom stereocenters. The molecule has 1 heterocycles. The highest BCUT2D eigenvalue weighted by atomic mass is 32.1. The van der Waals surface area contributed by atoms with Gasteiger partial charge < -0.3 is 0 Å². The Hall–Kier alpha value is -5.50. The molecule has 11 rings (SSSR count). The quantitative estimate of drug-likeness (QED) is 0.163. The highest BCUT2D eigenvalue weighted by molar-refractivity contribution is 7.20. The summed E-state index contributed by atoms with van der Waals surface area (Å²) >= 11 is 1.95. The smallest absolute Gasteiger partial charge is 0.0358 e. The van der Waals surface area contributed by atoms with Gasteiger partial charge in [-0.05, 0) is 130 Å². The molecule has 0 nitrogen and oxygen atoms in total. The zero-order valence-corrected chi connectivity index (χ0v) is 29.0. The average Bonchev–Trinajstić information content (AvgIpc) is 3.65. The molecular formula is C49H34S. The molecule has 0 atom stereocenters. The summed E-state index contributed by atoms with van der Waals surface area (Å²) in [6.45, 7) is 4.84. The van der Waals surface area contributed by atoms with Crippen molar-refractivity contribution in [1.82, 2.24) is 0 Å². The minimum absolute atomic E-state index is 0.114. The van der Waals surface area contributed by atoms with Crippen LogP contribution in [-0.4, -0.2) is 0 Å². The molecule has 2 aliphatic rings. The minimum atomic E-state index is -0.114. The fourth-order valence-electron chi connectivity index (χ4n) is 9.37. The number of thiophene rings is 1. The number of hydrogen-bond acceptors (Lipinski definition) is 1. The van der Waals surface area contributed by atoms with E-state index >= 15 is 0 Å². The summed E-state index contributed by atoms with van der Waals surface area (Å²) in [5.41, 5.74) is 12.2. The van der Waals surface area contributed by atoms with Crippen LogP contribution in [0.5, 0.6) is 0 Å². The molecule has 0 fully saturated rings. The number of allylic oxidation sites excluding steroid dienone is 1. The van der Waals surface area contributed by atoms with E-state index in [0.29, 0.717) is 0 Å². The van der Waals surface area contributed by atoms with E-state index in [2.05, 4.69) is 159 Å². The molecule has 0 saturated heterocycles. The van der Waals surface area contributed by atoms with Crippen molar-refractivity contribution in [2.24, 2.45) is 0 Å². The average molecular weight is 655 g/mol. The molecule has 8 aromatic carbocycles. The number of benzene rings is 8. The summed E-state index contributed by atoms with van der Waals surface area (Å²) in [5.74, 6) is 0. The SMILES string of the molecule is CC1(C)c2cc(-c3c4ccccc4c(-c4ccc5ccccc5c4)c4ccccc34)ccc2-c2c1ccc1c2ccc2sc3c(c21)CCC=C3. The summed E-state index contributed by atoms with van der Waals surface area (Å²) in [6, 6.07) is 50.6. The maximum Gasteiger partial charge on any atom is 0.0358 e. The zero-order chi connectivity index (χ0) is 33.1. The molecule has 2 aliphatic carbocycles. The number of hydrogen-bond donors (Lipinski definition) is 0. The van der Waals surface area contributed by atoms with Crippen LogP contribution in [0.3, 0.4) is 0 Å². The summed E-state index contributed by atoms with van der Waals surface area (Å²) < 4.78 is 1.41. The van der Waals surface area contributed by atoms with E-state index in [1.165, 1.54) is 108 Å². The molecule has 0 bridgehead atoms. The lowest BCUT2D eigenvalue weighted by Crippen LogP contribution is -2.15. The Morgan fingerprint density at radius 1 is 0.520 bits per heavy atom. The third kappa shape index (κ3) is 3.82. The van der Waals surface area contributed by atoms with Crippen molar-refractivity contribution in [1.29, 1.82) is 0 Å². The number of rotatable bonds is 2. The fraction of sp³-hybridized carbons (Fsp3) is 0.102. The Balaban J connectivity index is 1.15. The second-order valence-electron chi connectivity index (χ2n) is 14.7. The maximum absolute atomic E-state index is 2.51. The van der Waals surface area contributed by atoms with Crippen LogP contribution in [0.4, 0.5) is 0 Å². The van der Waals surface area contributed by atoms with Crippen molar-refractivity contribution in [3.05, 3.63) is 161 Å². The Kier molecular flexibility index (Phi) is 5.82. The van der Waals surface area contributed by atoms with Gasteiger partial charge in [-0.1, -0.05) is 135 Å². The molecule has 0 spiro atoms. The molecule has 0 amide bonds. The number of aryl methyl sites for hydroxylation is 1. The van der Waals surface area contributed by atoms with Gasteiger partial charge in [-0.2, -0.15) is 0 Å². The van der Waals surface area contributed by atoms with E-state index in [0.717, 1.165) is 12.8 Å². The van der Waals surface area contributed by atoms with Gasteiger partial charge in [-0.25, -0.2) is 0 Å². The number of fused-ring (bicyclic) bond motifs is 12. The Bertz CT molecular complexity index is 2890. The summed E-state index contributed by atoms with van der Waals surface area (Å²) in [4.78, 5) is 1.44. The predicted octanol–water partition coefficient (Wildman–Crippen LogP) is 14.1. The molecule has 50 heavy (non-hydrogen) atoms. The normalized spacial score (nSPS) is 14.5. The van der Waals surface area contributed by atoms with E-state index in [9.17, 15) is 0 Å². The molecule has 236 valence electrons. The van der Waals surface area contributed by atoms with Crippen molar-refractivity contribution in [3.63, 3.8) is 0 Å². The first-order valence-corrected chi connectivity index (χ1v) is 18.6. The summed E-state index contributed by atoms with van der Waals surface area (Å²) in [7, 11) is 0. The maximum atomic E-state index is 2.51. The minimum Gasteiger partial charge on any atom is -0.136 e. The summed E-state index contributed by atoms with van der Waals surface area (Å²) in [5, 5.41) is 12.0. The van der Waals surface area contributed by atoms with E-state index in [1.54, 1.807) is 0 Å². The zero-order valence-electron chi connectivity index (χ0n) is 28.2. The van der Waals surface area contributed by atoms with Gasteiger partial charge in [0.15, 0.2) is 0 Å². The van der Waals surface area contributed by atoms with Crippen LogP contribution >= 0.6 is 11.3 Å². The van der Waals surface area contributed by atoms with Crippen LogP contribution in [0, 0.1) is 0 Å². The van der Waals surface area contributed by atoms with Crippen LogP contribution in [0.2, 0.25) is 0 Å². The molecule has 0 aliphatic heterocycles. The van der Waals surface area contributed by atoms with E-state index in [1.807, 2.05) is 11.3 Å². The van der Waals surface area contributed by atoms with Crippen molar-refractivity contribution in [2.45, 2.75) is 32.1 Å². The molecular weight excluding hydrogens is 621 g/mol. The van der Waals surface area contributed by atoms with Crippen molar-refractivity contribution in [3.8, 4) is 33.4 Å². The van der Waals surface area contributed by atoms with Crippen molar-refractivity contribution >= 4 is 70.6 Å². The second kappa shape index (κ2) is 10.3. The largest absolute Gasteiger partial charge is 0.136 e. The molecule has 0 saturated carbocycles. The third-order valence-corrected chi connectivity index (χ3v) is 12.9. The predicted molar refractivity (Wildman–Crippen MR) is 218 cm³/mol. The van der Waals surface area contributed by atoms with Gasteiger partial charge in [-0.15, -0.1) is 11.3 Å². The van der Waals surface area contributed by atoms with Crippen LogP contribution in [-0.2, 0) is 11.8 Å². The molecule has 1 heteroatoms. The van der Waals surface area contributed by atoms with E-state index in [-0.39, 0.29) is 5.41 Å². The van der Waals surface area contributed by atoms with Gasteiger partial charge in [0.05, 0.1) is 0 Å². The van der Waals surface area contributed by atoms with Crippen LogP contribution < -0.4 is 0 Å². The molecule has 9 aromatic rings. The third-order valence-electron chi connectivity index (χ3n) is 11.7. The molecule has 0 radical (unpaired) electrons. The Labute approximate surface area is 296 Å². The van der Waals surface area contributed by atoms with Crippen LogP contribution in [0.1, 0.15) is 41.8 Å². The second-order valence-corrected chi connectivity index (χ2v) is 15.8. The van der Waals surface area contributed by atoms with E-state index < -0.39 is 0 Å². The standard InChI is InChI=1S/C49H34S/c1-49(2)41-25-23-38-37(24-26-44-48(38)40-17-9-10-18-43(40)50-44)47(41)39-22-21-32(28-42(39)49)46-35-15-7-5-13-33(35)45(34-14-6-8-16-36(34)46)31-20-19-29-11-3-4-12-30(29)27-31/h3-8,10-16,18-28H,9,17H2,1-2H3. The first kappa shape index (κ1) is 28.3. The lowest BCUT2D eigenvalue weighted by molar-refractivity contribution is 0.661. The topological polar surface area (TPSA) is 0 Å². The summed E-state index contributed by atoms with van der Waals surface area (Å²) in [6.07, 6.45) is 6.93.